The molecule has 2 aromatic heterocycles. The van der Waals surface area contributed by atoms with Crippen molar-refractivity contribution in [3.05, 3.63) is 90.7 Å². The van der Waals surface area contributed by atoms with Crippen LogP contribution in [0.4, 0.5) is 5.69 Å². The van der Waals surface area contributed by atoms with Crippen LogP contribution in [-0.2, 0) is 24.4 Å². The number of nitro groups is 1. The van der Waals surface area contributed by atoms with Gasteiger partial charge in [-0.2, -0.15) is 0 Å². The lowest BCUT2D eigenvalue weighted by atomic mass is 9.97. The molecule has 1 aliphatic heterocycles. The quantitative estimate of drug-likeness (QED) is 0.320. The summed E-state index contributed by atoms with van der Waals surface area (Å²) in [7, 11) is 4.62. The smallest absolute Gasteiger partial charge is 0.331 e. The molecule has 10 nitrogen and oxygen atoms in total. The average molecular weight is 491 g/mol. The zero-order valence-electron chi connectivity index (χ0n) is 20.6. The molecule has 0 N–H and O–H groups in total. The molecule has 0 saturated carbocycles. The summed E-state index contributed by atoms with van der Waals surface area (Å²) in [4.78, 5) is 38.1. The van der Waals surface area contributed by atoms with Crippen LogP contribution in [0.3, 0.4) is 0 Å². The average Bonchev–Trinajstić information content (AvgIpc) is 3.24. The second-order valence-electron chi connectivity index (χ2n) is 9.55. The molecule has 186 valence electrons. The molecule has 36 heavy (non-hydrogen) atoms. The molecular weight excluding hydrogens is 464 g/mol. The van der Waals surface area contributed by atoms with Crippen molar-refractivity contribution >= 4 is 16.6 Å². The zero-order chi connectivity index (χ0) is 25.9. The van der Waals surface area contributed by atoms with Crippen molar-refractivity contribution < 1.29 is 14.4 Å². The highest BCUT2D eigenvalue weighted by molar-refractivity contribution is 5.97. The van der Waals surface area contributed by atoms with E-state index in [9.17, 15) is 19.7 Å². The fraction of sp³-hybridized carbons (Fsp3) is 0.308. The minimum Gasteiger partial charge on any atom is -0.497 e. The Labute approximate surface area is 206 Å². The number of fused-ring (bicyclic) bond motifs is 3. The normalized spacial score (nSPS) is 16.6. The number of para-hydroxylation sites is 1. The van der Waals surface area contributed by atoms with Crippen LogP contribution in [0.25, 0.3) is 22.2 Å². The SMILES string of the molecule is COc1ccc(-c2c3c(=O)n(C)c(=O)n(C)c3c3n2C(C)(C)COC3c2ccccc2[N+](=O)[O-])cc1. The van der Waals surface area contributed by atoms with Crippen LogP contribution < -0.4 is 16.0 Å². The van der Waals surface area contributed by atoms with Crippen molar-refractivity contribution in [1.82, 2.24) is 13.7 Å². The van der Waals surface area contributed by atoms with Crippen LogP contribution >= 0.6 is 0 Å². The number of methoxy groups -OCH3 is 1. The van der Waals surface area contributed by atoms with Gasteiger partial charge in [0.1, 0.15) is 11.9 Å². The number of nitro benzene ring substituents is 1. The predicted molar refractivity (Wildman–Crippen MR) is 135 cm³/mol. The number of rotatable bonds is 4. The highest BCUT2D eigenvalue weighted by Gasteiger charge is 2.42. The Balaban J connectivity index is 1.99. The molecule has 0 amide bonds. The first-order valence-electron chi connectivity index (χ1n) is 11.4. The third-order valence-electron chi connectivity index (χ3n) is 6.84. The van der Waals surface area contributed by atoms with Gasteiger partial charge in [-0.25, -0.2) is 4.79 Å². The number of aryl methyl sites for hydroxylation is 1. The van der Waals surface area contributed by atoms with E-state index < -0.39 is 27.8 Å². The van der Waals surface area contributed by atoms with Crippen molar-refractivity contribution in [1.29, 1.82) is 0 Å². The van der Waals surface area contributed by atoms with Crippen molar-refractivity contribution in [3.63, 3.8) is 0 Å². The maximum absolute atomic E-state index is 13.6. The van der Waals surface area contributed by atoms with E-state index in [0.29, 0.717) is 33.6 Å². The van der Waals surface area contributed by atoms with Crippen molar-refractivity contribution in [3.8, 4) is 17.0 Å². The standard InChI is InChI=1S/C26H26N4O6/c1-26(2)14-36-23(17-8-6-7-9-18(17)30(33)34)22-21-19(24(31)28(4)25(32)27(21)3)20(29(22)26)15-10-12-16(35-5)13-11-15/h6-13,23H,14H2,1-5H3. The molecule has 1 aliphatic rings. The van der Waals surface area contributed by atoms with Gasteiger partial charge in [0.15, 0.2) is 0 Å². The molecule has 10 heteroatoms. The van der Waals surface area contributed by atoms with E-state index in [1.807, 2.05) is 30.5 Å². The fourth-order valence-electron chi connectivity index (χ4n) is 5.13. The summed E-state index contributed by atoms with van der Waals surface area (Å²) < 4.78 is 16.1. The van der Waals surface area contributed by atoms with Crippen LogP contribution in [-0.4, -0.2) is 32.3 Å². The van der Waals surface area contributed by atoms with Crippen LogP contribution in [0.5, 0.6) is 5.75 Å². The lowest BCUT2D eigenvalue weighted by molar-refractivity contribution is -0.386. The van der Waals surface area contributed by atoms with Gasteiger partial charge in [0, 0.05) is 20.2 Å². The monoisotopic (exact) mass is 490 g/mol. The van der Waals surface area contributed by atoms with Crippen LogP contribution in [0.15, 0.2) is 58.1 Å². The summed E-state index contributed by atoms with van der Waals surface area (Å²) >= 11 is 0. The molecule has 0 saturated heterocycles. The number of nitrogens with zero attached hydrogens (tertiary/aromatic N) is 4. The fourth-order valence-corrected chi connectivity index (χ4v) is 5.13. The first-order valence-corrected chi connectivity index (χ1v) is 11.4. The van der Waals surface area contributed by atoms with E-state index >= 15 is 0 Å². The van der Waals surface area contributed by atoms with E-state index in [4.69, 9.17) is 9.47 Å². The minimum absolute atomic E-state index is 0.0945. The van der Waals surface area contributed by atoms with E-state index in [0.717, 1.165) is 10.1 Å². The van der Waals surface area contributed by atoms with Crippen LogP contribution in [0.2, 0.25) is 0 Å². The Kier molecular flexibility index (Phi) is 5.36. The molecule has 1 unspecified atom stereocenters. The van der Waals surface area contributed by atoms with Gasteiger partial charge in [0.2, 0.25) is 0 Å². The Bertz CT molecular complexity index is 1640. The molecular formula is C26H26N4O6. The Morgan fingerprint density at radius 2 is 1.72 bits per heavy atom. The number of aromatic nitrogens is 3. The van der Waals surface area contributed by atoms with Crippen LogP contribution in [0.1, 0.15) is 31.2 Å². The summed E-state index contributed by atoms with van der Waals surface area (Å²) in [5, 5.41) is 12.2. The van der Waals surface area contributed by atoms with Gasteiger partial charge in [-0.05, 0) is 49.7 Å². The van der Waals surface area contributed by atoms with Gasteiger partial charge in [-0.3, -0.25) is 24.0 Å². The Hall–Kier alpha value is -4.18. The summed E-state index contributed by atoms with van der Waals surface area (Å²) in [6.07, 6.45) is -0.869. The van der Waals surface area contributed by atoms with Gasteiger partial charge in [0.25, 0.3) is 11.2 Å². The topological polar surface area (TPSA) is 111 Å². The van der Waals surface area contributed by atoms with Gasteiger partial charge >= 0.3 is 5.69 Å². The number of benzene rings is 2. The first kappa shape index (κ1) is 23.6. The summed E-state index contributed by atoms with van der Waals surface area (Å²) in [6, 6.07) is 13.7. The molecule has 0 fully saturated rings. The largest absolute Gasteiger partial charge is 0.497 e. The highest BCUT2D eigenvalue weighted by Crippen LogP contribution is 2.47. The van der Waals surface area contributed by atoms with Gasteiger partial charge in [-0.1, -0.05) is 12.1 Å². The lowest BCUT2D eigenvalue weighted by Crippen LogP contribution is -2.40. The predicted octanol–water partition coefficient (Wildman–Crippen LogP) is 3.48. The van der Waals surface area contributed by atoms with Crippen molar-refractivity contribution in [2.45, 2.75) is 25.5 Å². The molecule has 0 bridgehead atoms. The van der Waals surface area contributed by atoms with Crippen molar-refractivity contribution in [2.75, 3.05) is 13.7 Å². The highest BCUT2D eigenvalue weighted by atomic mass is 16.6. The zero-order valence-corrected chi connectivity index (χ0v) is 20.6. The Morgan fingerprint density at radius 3 is 2.36 bits per heavy atom. The summed E-state index contributed by atoms with van der Waals surface area (Å²) in [6.45, 7) is 4.18. The number of hydrogen-bond acceptors (Lipinski definition) is 6. The van der Waals surface area contributed by atoms with Crippen LogP contribution in [0, 0.1) is 10.1 Å². The van der Waals surface area contributed by atoms with E-state index in [1.165, 1.54) is 17.7 Å². The van der Waals surface area contributed by atoms with E-state index in [2.05, 4.69) is 0 Å². The lowest BCUT2D eigenvalue weighted by Gasteiger charge is -2.39. The number of ether oxygens (including phenoxy) is 2. The second kappa shape index (κ2) is 8.20. The maximum atomic E-state index is 13.6. The molecule has 0 radical (unpaired) electrons. The third kappa shape index (κ3) is 3.29. The van der Waals surface area contributed by atoms with E-state index in [-0.39, 0.29) is 12.3 Å². The maximum Gasteiger partial charge on any atom is 0.331 e. The molecule has 0 spiro atoms. The molecule has 1 atom stereocenters. The van der Waals surface area contributed by atoms with Gasteiger partial charge in [0.05, 0.1) is 52.0 Å². The first-order chi connectivity index (χ1) is 17.1. The van der Waals surface area contributed by atoms with E-state index in [1.54, 1.807) is 44.5 Å². The second-order valence-corrected chi connectivity index (χ2v) is 9.55. The molecule has 2 aromatic carbocycles. The van der Waals surface area contributed by atoms with Crippen molar-refractivity contribution in [2.24, 2.45) is 14.1 Å². The minimum atomic E-state index is -0.869. The third-order valence-corrected chi connectivity index (χ3v) is 6.84. The molecule has 3 heterocycles. The summed E-state index contributed by atoms with van der Waals surface area (Å²) in [5.41, 5.74) is 0.976. The summed E-state index contributed by atoms with van der Waals surface area (Å²) in [5.74, 6) is 0.661. The van der Waals surface area contributed by atoms with Gasteiger partial charge in [-0.15, -0.1) is 0 Å². The van der Waals surface area contributed by atoms with Gasteiger partial charge < -0.3 is 14.0 Å². The number of hydrogen-bond donors (Lipinski definition) is 0. The molecule has 0 aliphatic carbocycles. The molecule has 5 rings (SSSR count). The molecule has 4 aromatic rings. The Morgan fingerprint density at radius 1 is 1.06 bits per heavy atom.